The summed E-state index contributed by atoms with van der Waals surface area (Å²) in [6, 6.07) is 6.15. The molecule has 0 bridgehead atoms. The quantitative estimate of drug-likeness (QED) is 0.705. The minimum Gasteiger partial charge on any atom is -0.294 e. The molecule has 0 aliphatic rings. The van der Waals surface area contributed by atoms with Crippen molar-refractivity contribution in [3.05, 3.63) is 34.9 Å². The largest absolute Gasteiger partial charge is 0.294 e. The second kappa shape index (κ2) is 5.03. The molecule has 0 aromatic heterocycles. The predicted molar refractivity (Wildman–Crippen MR) is 73.5 cm³/mol. The number of rotatable bonds is 3. The number of benzene rings is 1. The first-order valence-electron chi connectivity index (χ1n) is 6.33. The molecule has 1 unspecified atom stereocenters. The molecule has 0 spiro atoms. The fourth-order valence-corrected chi connectivity index (χ4v) is 2.04. The number of carbonyl (C=O) groups is 1. The summed E-state index contributed by atoms with van der Waals surface area (Å²) >= 11 is 0. The van der Waals surface area contributed by atoms with Crippen LogP contribution in [-0.2, 0) is 6.42 Å². The number of carbonyl (C=O) groups excluding carboxylic acids is 1. The van der Waals surface area contributed by atoms with Crippen molar-refractivity contribution in [1.82, 2.24) is 0 Å². The van der Waals surface area contributed by atoms with E-state index < -0.39 is 0 Å². The summed E-state index contributed by atoms with van der Waals surface area (Å²) in [6.07, 6.45) is 0.972. The van der Waals surface area contributed by atoms with Crippen LogP contribution >= 0.6 is 0 Å². The molecule has 0 N–H and O–H groups in total. The number of ketones is 1. The molecule has 17 heavy (non-hydrogen) atoms. The van der Waals surface area contributed by atoms with E-state index in [4.69, 9.17) is 0 Å². The normalized spacial score (nSPS) is 13.5. The third kappa shape index (κ3) is 3.42. The first kappa shape index (κ1) is 14.0. The van der Waals surface area contributed by atoms with Crippen LogP contribution in [0.3, 0.4) is 0 Å². The average Bonchev–Trinajstić information content (AvgIpc) is 2.15. The van der Waals surface area contributed by atoms with E-state index in [0.717, 1.165) is 17.5 Å². The maximum atomic E-state index is 11.7. The van der Waals surface area contributed by atoms with Crippen LogP contribution in [0.5, 0.6) is 0 Å². The Morgan fingerprint density at radius 3 is 2.35 bits per heavy atom. The van der Waals surface area contributed by atoms with Crippen molar-refractivity contribution in [1.29, 1.82) is 0 Å². The fourth-order valence-electron chi connectivity index (χ4n) is 2.04. The maximum Gasteiger partial charge on any atom is 0.160 e. The Hall–Kier alpha value is -1.11. The Labute approximate surface area is 105 Å². The van der Waals surface area contributed by atoms with Crippen molar-refractivity contribution < 1.29 is 4.79 Å². The van der Waals surface area contributed by atoms with Crippen molar-refractivity contribution in [3.8, 4) is 0 Å². The molecule has 1 heteroatoms. The third-order valence-electron chi connectivity index (χ3n) is 3.72. The molecular weight excluding hydrogens is 208 g/mol. The molecule has 1 aromatic rings. The third-order valence-corrected chi connectivity index (χ3v) is 3.72. The summed E-state index contributed by atoms with van der Waals surface area (Å²) in [4.78, 5) is 11.7. The van der Waals surface area contributed by atoms with Crippen LogP contribution in [-0.4, -0.2) is 5.78 Å². The van der Waals surface area contributed by atoms with Gasteiger partial charge in [0.25, 0.3) is 0 Å². The number of hydrogen-bond acceptors (Lipinski definition) is 1. The van der Waals surface area contributed by atoms with Crippen LogP contribution in [0, 0.1) is 18.3 Å². The highest BCUT2D eigenvalue weighted by Crippen LogP contribution is 2.30. The van der Waals surface area contributed by atoms with Crippen LogP contribution in [0.4, 0.5) is 0 Å². The van der Waals surface area contributed by atoms with E-state index in [2.05, 4.69) is 33.8 Å². The van der Waals surface area contributed by atoms with E-state index in [1.54, 1.807) is 6.92 Å². The molecule has 0 amide bonds. The summed E-state index contributed by atoms with van der Waals surface area (Å²) < 4.78 is 0. The highest BCUT2D eigenvalue weighted by Gasteiger charge is 2.22. The molecule has 0 aliphatic heterocycles. The summed E-state index contributed by atoms with van der Waals surface area (Å²) in [5.74, 6) is 0.738. The van der Waals surface area contributed by atoms with Gasteiger partial charge in [-0.1, -0.05) is 45.9 Å². The summed E-state index contributed by atoms with van der Waals surface area (Å²) in [5.41, 5.74) is 3.48. The van der Waals surface area contributed by atoms with Crippen molar-refractivity contribution in [2.45, 2.75) is 48.0 Å². The van der Waals surface area contributed by atoms with E-state index in [9.17, 15) is 4.79 Å². The zero-order valence-electron chi connectivity index (χ0n) is 11.9. The first-order chi connectivity index (χ1) is 7.73. The van der Waals surface area contributed by atoms with Gasteiger partial charge in [-0.25, -0.2) is 0 Å². The van der Waals surface area contributed by atoms with Gasteiger partial charge in [0.1, 0.15) is 0 Å². The van der Waals surface area contributed by atoms with E-state index in [0.29, 0.717) is 5.92 Å². The van der Waals surface area contributed by atoms with Gasteiger partial charge in [-0.15, -0.1) is 0 Å². The summed E-state index contributed by atoms with van der Waals surface area (Å²) in [7, 11) is 0. The minimum absolute atomic E-state index is 0.180. The van der Waals surface area contributed by atoms with E-state index >= 15 is 0 Å². The fraction of sp³-hybridized carbons (Fsp3) is 0.562. The van der Waals surface area contributed by atoms with Crippen molar-refractivity contribution in [2.24, 2.45) is 11.3 Å². The lowest BCUT2D eigenvalue weighted by Gasteiger charge is -2.28. The SMILES string of the molecule is CC(=O)c1c(C)cccc1CC(C)C(C)(C)C. The minimum atomic E-state index is 0.180. The van der Waals surface area contributed by atoms with E-state index in [1.165, 1.54) is 5.56 Å². The number of hydrogen-bond donors (Lipinski definition) is 0. The summed E-state index contributed by atoms with van der Waals surface area (Å²) in [6.45, 7) is 12.7. The Bertz CT molecular complexity index is 410. The average molecular weight is 232 g/mol. The van der Waals surface area contributed by atoms with Crippen molar-refractivity contribution in [2.75, 3.05) is 0 Å². The molecule has 94 valence electrons. The molecule has 0 radical (unpaired) electrons. The molecule has 0 saturated carbocycles. The van der Waals surface area contributed by atoms with Crippen LogP contribution < -0.4 is 0 Å². The molecule has 1 nitrogen and oxygen atoms in total. The highest BCUT2D eigenvalue weighted by atomic mass is 16.1. The molecule has 0 fully saturated rings. The smallest absolute Gasteiger partial charge is 0.160 e. The highest BCUT2D eigenvalue weighted by molar-refractivity contribution is 5.97. The van der Waals surface area contributed by atoms with Crippen molar-refractivity contribution in [3.63, 3.8) is 0 Å². The second-order valence-corrected chi connectivity index (χ2v) is 6.14. The molecule has 0 saturated heterocycles. The van der Waals surface area contributed by atoms with Gasteiger partial charge in [0.15, 0.2) is 5.78 Å². The van der Waals surface area contributed by atoms with E-state index in [1.807, 2.05) is 19.1 Å². The van der Waals surface area contributed by atoms with Gasteiger partial charge < -0.3 is 0 Å². The zero-order chi connectivity index (χ0) is 13.2. The maximum absolute atomic E-state index is 11.7. The van der Waals surface area contributed by atoms with Gasteiger partial charge in [-0.3, -0.25) is 4.79 Å². The van der Waals surface area contributed by atoms with Crippen LogP contribution in [0.15, 0.2) is 18.2 Å². The Kier molecular flexibility index (Phi) is 4.13. The van der Waals surface area contributed by atoms with Crippen LogP contribution in [0.25, 0.3) is 0 Å². The van der Waals surface area contributed by atoms with Gasteiger partial charge in [-0.05, 0) is 42.7 Å². The Morgan fingerprint density at radius 2 is 1.88 bits per heavy atom. The zero-order valence-corrected chi connectivity index (χ0v) is 11.9. The number of Topliss-reactive ketones (excluding diaryl/α,β-unsaturated/α-hetero) is 1. The van der Waals surface area contributed by atoms with Gasteiger partial charge in [0.05, 0.1) is 0 Å². The predicted octanol–water partition coefficient (Wildman–Crippen LogP) is 4.42. The van der Waals surface area contributed by atoms with Gasteiger partial charge in [0.2, 0.25) is 0 Å². The monoisotopic (exact) mass is 232 g/mol. The Balaban J connectivity index is 3.07. The van der Waals surface area contributed by atoms with E-state index in [-0.39, 0.29) is 11.2 Å². The molecule has 1 aromatic carbocycles. The topological polar surface area (TPSA) is 17.1 Å². The standard InChI is InChI=1S/C16H24O/c1-11-8-7-9-14(15(11)13(3)17)10-12(2)16(4,5)6/h7-9,12H,10H2,1-6H3. The Morgan fingerprint density at radius 1 is 1.29 bits per heavy atom. The summed E-state index contributed by atoms with van der Waals surface area (Å²) in [5, 5.41) is 0. The number of aryl methyl sites for hydroxylation is 1. The molecule has 0 heterocycles. The lowest BCUT2D eigenvalue weighted by Crippen LogP contribution is -2.20. The first-order valence-corrected chi connectivity index (χ1v) is 6.33. The lowest BCUT2D eigenvalue weighted by molar-refractivity contribution is 0.101. The molecule has 1 rings (SSSR count). The van der Waals surface area contributed by atoms with Crippen LogP contribution in [0.2, 0.25) is 0 Å². The van der Waals surface area contributed by atoms with Gasteiger partial charge in [-0.2, -0.15) is 0 Å². The van der Waals surface area contributed by atoms with Gasteiger partial charge in [0, 0.05) is 5.56 Å². The molecule has 1 atom stereocenters. The van der Waals surface area contributed by atoms with Gasteiger partial charge >= 0.3 is 0 Å². The second-order valence-electron chi connectivity index (χ2n) is 6.14. The van der Waals surface area contributed by atoms with Crippen LogP contribution in [0.1, 0.15) is 56.1 Å². The lowest BCUT2D eigenvalue weighted by atomic mass is 9.77. The molecule has 0 aliphatic carbocycles. The van der Waals surface area contributed by atoms with Crippen molar-refractivity contribution >= 4 is 5.78 Å². The molecular formula is C16H24O.